The maximum absolute atomic E-state index is 13.4. The Morgan fingerprint density at radius 1 is 1.00 bits per heavy atom. The van der Waals surface area contributed by atoms with Crippen LogP contribution in [0.1, 0.15) is 30.3 Å². The van der Waals surface area contributed by atoms with E-state index in [1.165, 1.54) is 0 Å². The van der Waals surface area contributed by atoms with Gasteiger partial charge in [0.25, 0.3) is 5.56 Å². The van der Waals surface area contributed by atoms with E-state index in [2.05, 4.69) is 0 Å². The number of methoxy groups -OCH3 is 1. The first kappa shape index (κ1) is 17.5. The fraction of sp³-hybridized carbons (Fsp3) is 0.167. The molecule has 1 aromatic heterocycles. The highest BCUT2D eigenvalue weighted by atomic mass is 16.5. The lowest BCUT2D eigenvalue weighted by molar-refractivity contribution is 0.112. The second-order valence-corrected chi connectivity index (χ2v) is 7.17. The highest BCUT2D eigenvalue weighted by Gasteiger charge is 2.38. The molecule has 0 saturated heterocycles. The van der Waals surface area contributed by atoms with E-state index in [-0.39, 0.29) is 17.6 Å². The molecule has 1 aliphatic heterocycles. The second kappa shape index (κ2) is 6.78. The first-order valence-electron chi connectivity index (χ1n) is 9.59. The van der Waals surface area contributed by atoms with Crippen LogP contribution in [0.4, 0.5) is 0 Å². The molecule has 2 unspecified atom stereocenters. The predicted octanol–water partition coefficient (Wildman–Crippen LogP) is 4.63. The van der Waals surface area contributed by atoms with Crippen LogP contribution in [-0.2, 0) is 0 Å². The number of benzene rings is 3. The first-order valence-corrected chi connectivity index (χ1v) is 9.59. The maximum atomic E-state index is 13.4. The van der Waals surface area contributed by atoms with Gasteiger partial charge in [0.15, 0.2) is 11.5 Å². The molecule has 0 bridgehead atoms. The number of rotatable bonds is 4. The fourth-order valence-corrected chi connectivity index (χ4v) is 3.96. The topological polar surface area (TPSA) is 53.4 Å². The maximum Gasteiger partial charge on any atom is 0.265 e. The van der Waals surface area contributed by atoms with Crippen LogP contribution >= 0.6 is 0 Å². The monoisotopic (exact) mass is 384 g/mol. The fourth-order valence-electron chi connectivity index (χ4n) is 3.96. The van der Waals surface area contributed by atoms with Crippen molar-refractivity contribution in [3.8, 4) is 17.2 Å². The van der Waals surface area contributed by atoms with Crippen molar-refractivity contribution in [2.45, 2.75) is 18.9 Å². The standard InChI is InChI=1S/C24H20N2O3/c1-15(21-18-12-8-14-20(28-2)22(18)29-21)23-25-19-13-7-6-11-17(19)24(27)26(23)16-9-4-3-5-10-16/h3-15,21H,1-2H3. The molecule has 5 nitrogen and oxygen atoms in total. The molecule has 2 atom stereocenters. The zero-order valence-electron chi connectivity index (χ0n) is 16.2. The lowest BCUT2D eigenvalue weighted by Gasteiger charge is -2.36. The minimum atomic E-state index is -0.192. The summed E-state index contributed by atoms with van der Waals surface area (Å²) in [6.45, 7) is 2.04. The number of hydrogen-bond donors (Lipinski definition) is 0. The molecular formula is C24H20N2O3. The largest absolute Gasteiger partial charge is 0.493 e. The summed E-state index contributed by atoms with van der Waals surface area (Å²) < 4.78 is 13.2. The van der Waals surface area contributed by atoms with E-state index in [1.807, 2.05) is 79.7 Å². The summed E-state index contributed by atoms with van der Waals surface area (Å²) in [5.74, 6) is 2.03. The van der Waals surface area contributed by atoms with Gasteiger partial charge in [-0.05, 0) is 30.3 Å². The summed E-state index contributed by atoms with van der Waals surface area (Å²) in [6, 6.07) is 23.0. The number of para-hydroxylation sites is 3. The van der Waals surface area contributed by atoms with Crippen LogP contribution in [0.2, 0.25) is 0 Å². The SMILES string of the molecule is COc1cccc2c1OC2C(C)c1nc2ccccc2c(=O)n1-c1ccccc1. The van der Waals surface area contributed by atoms with Crippen molar-refractivity contribution in [1.82, 2.24) is 9.55 Å². The Bertz CT molecular complexity index is 1260. The van der Waals surface area contributed by atoms with Gasteiger partial charge in [-0.2, -0.15) is 0 Å². The van der Waals surface area contributed by atoms with Gasteiger partial charge in [-0.1, -0.05) is 49.4 Å². The highest BCUT2D eigenvalue weighted by Crippen LogP contribution is 2.51. The van der Waals surface area contributed by atoms with Gasteiger partial charge in [0, 0.05) is 5.56 Å². The van der Waals surface area contributed by atoms with E-state index < -0.39 is 0 Å². The molecule has 0 aliphatic carbocycles. The van der Waals surface area contributed by atoms with Crippen LogP contribution in [0.5, 0.6) is 11.5 Å². The Hall–Kier alpha value is -3.60. The molecule has 0 fully saturated rings. The summed E-state index contributed by atoms with van der Waals surface area (Å²) in [7, 11) is 1.63. The molecule has 0 spiro atoms. The van der Waals surface area contributed by atoms with Gasteiger partial charge >= 0.3 is 0 Å². The Kier molecular flexibility index (Phi) is 4.09. The molecular weight excluding hydrogens is 364 g/mol. The minimum absolute atomic E-state index is 0.0751. The molecule has 144 valence electrons. The van der Waals surface area contributed by atoms with Crippen LogP contribution < -0.4 is 15.0 Å². The predicted molar refractivity (Wildman–Crippen MR) is 112 cm³/mol. The molecule has 0 amide bonds. The van der Waals surface area contributed by atoms with Crippen molar-refractivity contribution in [1.29, 1.82) is 0 Å². The molecule has 4 aromatic rings. The Balaban J connectivity index is 1.69. The van der Waals surface area contributed by atoms with Crippen molar-refractivity contribution in [2.75, 3.05) is 7.11 Å². The van der Waals surface area contributed by atoms with Crippen molar-refractivity contribution in [2.24, 2.45) is 0 Å². The third kappa shape index (κ3) is 2.70. The quantitative estimate of drug-likeness (QED) is 0.515. The highest BCUT2D eigenvalue weighted by molar-refractivity contribution is 5.78. The molecule has 5 heteroatoms. The van der Waals surface area contributed by atoms with Gasteiger partial charge in [-0.3, -0.25) is 9.36 Å². The average molecular weight is 384 g/mol. The van der Waals surface area contributed by atoms with E-state index in [0.29, 0.717) is 16.7 Å². The number of fused-ring (bicyclic) bond motifs is 2. The lowest BCUT2D eigenvalue weighted by atomic mass is 9.90. The summed E-state index contributed by atoms with van der Waals surface area (Å²) in [5.41, 5.74) is 2.48. The van der Waals surface area contributed by atoms with Crippen molar-refractivity contribution in [3.63, 3.8) is 0 Å². The summed E-state index contributed by atoms with van der Waals surface area (Å²) in [5, 5.41) is 0.601. The van der Waals surface area contributed by atoms with Crippen molar-refractivity contribution >= 4 is 10.9 Å². The van der Waals surface area contributed by atoms with Crippen molar-refractivity contribution < 1.29 is 9.47 Å². The van der Waals surface area contributed by atoms with Crippen LogP contribution in [0.25, 0.3) is 16.6 Å². The molecule has 0 N–H and O–H groups in total. The number of hydrogen-bond acceptors (Lipinski definition) is 4. The molecule has 0 saturated carbocycles. The van der Waals surface area contributed by atoms with Crippen LogP contribution in [0.3, 0.4) is 0 Å². The van der Waals surface area contributed by atoms with Gasteiger partial charge in [0.1, 0.15) is 11.9 Å². The van der Waals surface area contributed by atoms with Crippen LogP contribution in [0, 0.1) is 0 Å². The van der Waals surface area contributed by atoms with Gasteiger partial charge < -0.3 is 9.47 Å². The molecule has 0 radical (unpaired) electrons. The number of aromatic nitrogens is 2. The first-order chi connectivity index (χ1) is 14.2. The van der Waals surface area contributed by atoms with Crippen molar-refractivity contribution in [3.05, 3.63) is 94.5 Å². The zero-order chi connectivity index (χ0) is 20.0. The number of ether oxygens (including phenoxy) is 2. The molecule has 5 rings (SSSR count). The summed E-state index contributed by atoms with van der Waals surface area (Å²) >= 11 is 0. The third-order valence-electron chi connectivity index (χ3n) is 5.46. The summed E-state index contributed by atoms with van der Waals surface area (Å²) in [6.07, 6.45) is -0.192. The minimum Gasteiger partial charge on any atom is -0.493 e. The van der Waals surface area contributed by atoms with Gasteiger partial charge in [0.2, 0.25) is 0 Å². The Morgan fingerprint density at radius 2 is 1.76 bits per heavy atom. The lowest BCUT2D eigenvalue weighted by Crippen LogP contribution is -2.31. The van der Waals surface area contributed by atoms with Crippen LogP contribution in [0.15, 0.2) is 77.6 Å². The van der Waals surface area contributed by atoms with E-state index in [4.69, 9.17) is 14.5 Å². The van der Waals surface area contributed by atoms with E-state index in [0.717, 1.165) is 22.7 Å². The average Bonchev–Trinajstić information content (AvgIpc) is 2.74. The van der Waals surface area contributed by atoms with Gasteiger partial charge in [-0.25, -0.2) is 4.98 Å². The Labute approximate surface area is 168 Å². The van der Waals surface area contributed by atoms with E-state index in [9.17, 15) is 4.79 Å². The molecule has 2 heterocycles. The van der Waals surface area contributed by atoms with Gasteiger partial charge in [0.05, 0.1) is 29.6 Å². The molecule has 29 heavy (non-hydrogen) atoms. The molecule has 1 aliphatic rings. The molecule has 3 aromatic carbocycles. The normalized spacial score (nSPS) is 15.9. The second-order valence-electron chi connectivity index (χ2n) is 7.17. The van der Waals surface area contributed by atoms with E-state index in [1.54, 1.807) is 11.7 Å². The smallest absolute Gasteiger partial charge is 0.265 e. The Morgan fingerprint density at radius 3 is 2.55 bits per heavy atom. The zero-order valence-corrected chi connectivity index (χ0v) is 16.2. The number of nitrogens with zero attached hydrogens (tertiary/aromatic N) is 2. The van der Waals surface area contributed by atoms with Crippen LogP contribution in [-0.4, -0.2) is 16.7 Å². The van der Waals surface area contributed by atoms with E-state index >= 15 is 0 Å². The summed E-state index contributed by atoms with van der Waals surface area (Å²) in [4.78, 5) is 18.3. The third-order valence-corrected chi connectivity index (χ3v) is 5.46. The van der Waals surface area contributed by atoms with Gasteiger partial charge in [-0.15, -0.1) is 0 Å².